The number of nitro groups is 1. The lowest BCUT2D eigenvalue weighted by Gasteiger charge is -2.01. The highest BCUT2D eigenvalue weighted by molar-refractivity contribution is 14.1. The van der Waals surface area contributed by atoms with E-state index in [4.69, 9.17) is 10.4 Å². The van der Waals surface area contributed by atoms with Crippen molar-refractivity contribution in [2.45, 2.75) is 6.61 Å². The zero-order valence-corrected chi connectivity index (χ0v) is 9.06. The molecule has 0 radical (unpaired) electrons. The maximum Gasteiger partial charge on any atom is 0.288 e. The van der Waals surface area contributed by atoms with Gasteiger partial charge in [-0.3, -0.25) is 10.1 Å². The lowest BCUT2D eigenvalue weighted by atomic mass is 10.1. The molecule has 1 aromatic rings. The van der Waals surface area contributed by atoms with Gasteiger partial charge in [-0.15, -0.1) is 0 Å². The van der Waals surface area contributed by atoms with Crippen LogP contribution in [0.1, 0.15) is 11.1 Å². The van der Waals surface area contributed by atoms with E-state index in [1.165, 1.54) is 6.07 Å². The van der Waals surface area contributed by atoms with Gasteiger partial charge < -0.3 is 5.11 Å². The summed E-state index contributed by atoms with van der Waals surface area (Å²) in [5.74, 6) is 0. The van der Waals surface area contributed by atoms with Crippen LogP contribution in [0.3, 0.4) is 0 Å². The number of benzene rings is 1. The van der Waals surface area contributed by atoms with Crippen molar-refractivity contribution in [1.29, 1.82) is 5.26 Å². The van der Waals surface area contributed by atoms with Crippen molar-refractivity contribution >= 4 is 28.3 Å². The number of nitro benzene ring substituents is 1. The monoisotopic (exact) mass is 304 g/mol. The van der Waals surface area contributed by atoms with E-state index in [0.29, 0.717) is 3.57 Å². The van der Waals surface area contributed by atoms with Crippen LogP contribution in [0, 0.1) is 25.0 Å². The van der Waals surface area contributed by atoms with Gasteiger partial charge in [0.2, 0.25) is 0 Å². The SMILES string of the molecule is N#Cc1c(CO)cc(I)cc1[N+](=O)[O-]. The Kier molecular flexibility index (Phi) is 3.38. The number of nitriles is 1. The van der Waals surface area contributed by atoms with Crippen LogP contribution in [0.4, 0.5) is 5.69 Å². The van der Waals surface area contributed by atoms with Crippen LogP contribution in [0.25, 0.3) is 0 Å². The number of aliphatic hydroxyl groups is 1. The van der Waals surface area contributed by atoms with Crippen LogP contribution in [-0.2, 0) is 6.61 Å². The summed E-state index contributed by atoms with van der Waals surface area (Å²) in [6.45, 7) is -0.374. The third-order valence-electron chi connectivity index (χ3n) is 1.64. The lowest BCUT2D eigenvalue weighted by molar-refractivity contribution is -0.385. The van der Waals surface area contributed by atoms with Crippen molar-refractivity contribution in [3.8, 4) is 6.07 Å². The second kappa shape index (κ2) is 4.34. The van der Waals surface area contributed by atoms with Crippen LogP contribution in [-0.4, -0.2) is 10.0 Å². The minimum Gasteiger partial charge on any atom is -0.392 e. The third kappa shape index (κ3) is 2.00. The van der Waals surface area contributed by atoms with Gasteiger partial charge in [0, 0.05) is 15.2 Å². The number of hydrogen-bond acceptors (Lipinski definition) is 4. The van der Waals surface area contributed by atoms with E-state index in [2.05, 4.69) is 0 Å². The highest BCUT2D eigenvalue weighted by atomic mass is 127. The van der Waals surface area contributed by atoms with E-state index in [9.17, 15) is 10.1 Å². The molecule has 72 valence electrons. The molecule has 0 heterocycles. The Morgan fingerprint density at radius 1 is 1.64 bits per heavy atom. The van der Waals surface area contributed by atoms with E-state index in [-0.39, 0.29) is 23.4 Å². The summed E-state index contributed by atoms with van der Waals surface area (Å²) < 4.78 is 0.623. The van der Waals surface area contributed by atoms with Gasteiger partial charge in [-0.2, -0.15) is 5.26 Å². The molecule has 1 aromatic carbocycles. The smallest absolute Gasteiger partial charge is 0.288 e. The minimum atomic E-state index is -0.625. The standard InChI is InChI=1S/C8H5IN2O3/c9-6-1-5(4-12)7(3-10)8(2-6)11(13)14/h1-2,12H,4H2. The summed E-state index contributed by atoms with van der Waals surface area (Å²) in [4.78, 5) is 9.95. The molecule has 0 aromatic heterocycles. The van der Waals surface area contributed by atoms with Gasteiger partial charge in [-0.05, 0) is 28.7 Å². The molecule has 14 heavy (non-hydrogen) atoms. The van der Waals surface area contributed by atoms with Crippen molar-refractivity contribution in [3.05, 3.63) is 36.9 Å². The number of nitrogens with zero attached hydrogens (tertiary/aromatic N) is 2. The molecule has 1 N–H and O–H groups in total. The summed E-state index contributed by atoms with van der Waals surface area (Å²) >= 11 is 1.90. The van der Waals surface area contributed by atoms with Crippen molar-refractivity contribution in [2.24, 2.45) is 0 Å². The van der Waals surface area contributed by atoms with Crippen LogP contribution >= 0.6 is 22.6 Å². The Bertz CT molecular complexity index is 425. The normalized spacial score (nSPS) is 9.50. The molecule has 0 aliphatic rings. The molecule has 0 amide bonds. The summed E-state index contributed by atoms with van der Waals surface area (Å²) in [6, 6.07) is 4.57. The van der Waals surface area contributed by atoms with Gasteiger partial charge in [0.15, 0.2) is 0 Å². The quantitative estimate of drug-likeness (QED) is 0.510. The summed E-state index contributed by atoms with van der Waals surface area (Å²) in [5, 5.41) is 28.2. The maximum absolute atomic E-state index is 10.6. The van der Waals surface area contributed by atoms with Gasteiger partial charge in [0.25, 0.3) is 5.69 Å². The van der Waals surface area contributed by atoms with Crippen LogP contribution in [0.2, 0.25) is 0 Å². The minimum absolute atomic E-state index is 0.0714. The summed E-state index contributed by atoms with van der Waals surface area (Å²) in [5.41, 5.74) is -0.0486. The average molecular weight is 304 g/mol. The van der Waals surface area contributed by atoms with Gasteiger partial charge >= 0.3 is 0 Å². The maximum atomic E-state index is 10.6. The molecule has 0 atom stereocenters. The van der Waals surface area contributed by atoms with E-state index >= 15 is 0 Å². The molecular weight excluding hydrogens is 299 g/mol. The molecule has 6 heteroatoms. The van der Waals surface area contributed by atoms with Gasteiger partial charge in [-0.25, -0.2) is 0 Å². The number of aliphatic hydroxyl groups excluding tert-OH is 1. The average Bonchev–Trinajstić information content (AvgIpc) is 2.16. The largest absolute Gasteiger partial charge is 0.392 e. The fourth-order valence-electron chi connectivity index (χ4n) is 1.05. The second-order valence-corrected chi connectivity index (χ2v) is 3.73. The zero-order chi connectivity index (χ0) is 10.7. The molecule has 0 unspecified atom stereocenters. The van der Waals surface area contributed by atoms with Crippen molar-refractivity contribution in [3.63, 3.8) is 0 Å². The van der Waals surface area contributed by atoms with Gasteiger partial charge in [-0.1, -0.05) is 0 Å². The predicted molar refractivity (Wildman–Crippen MR) is 56.5 cm³/mol. The van der Waals surface area contributed by atoms with Crippen LogP contribution in [0.15, 0.2) is 12.1 Å². The molecular formula is C8H5IN2O3. The highest BCUT2D eigenvalue weighted by Gasteiger charge is 2.18. The highest BCUT2D eigenvalue weighted by Crippen LogP contribution is 2.24. The summed E-state index contributed by atoms with van der Waals surface area (Å²) in [6.07, 6.45) is 0. The van der Waals surface area contributed by atoms with Crippen molar-refractivity contribution in [1.82, 2.24) is 0 Å². The Labute approximate surface area is 93.3 Å². The third-order valence-corrected chi connectivity index (χ3v) is 2.27. The first-order valence-corrected chi connectivity index (χ1v) is 4.65. The fourth-order valence-corrected chi connectivity index (χ4v) is 1.72. The van der Waals surface area contributed by atoms with Gasteiger partial charge in [0.05, 0.1) is 11.5 Å². The van der Waals surface area contributed by atoms with Crippen molar-refractivity contribution in [2.75, 3.05) is 0 Å². The Morgan fingerprint density at radius 2 is 2.29 bits per heavy atom. The van der Waals surface area contributed by atoms with Crippen LogP contribution in [0.5, 0.6) is 0 Å². The topological polar surface area (TPSA) is 87.2 Å². The van der Waals surface area contributed by atoms with E-state index in [0.717, 1.165) is 0 Å². The molecule has 0 spiro atoms. The number of hydrogen-bond donors (Lipinski definition) is 1. The van der Waals surface area contributed by atoms with E-state index in [1.807, 2.05) is 22.6 Å². The Balaban J connectivity index is 3.49. The van der Waals surface area contributed by atoms with Crippen LogP contribution < -0.4 is 0 Å². The molecule has 0 bridgehead atoms. The Hall–Kier alpha value is -1.20. The number of rotatable bonds is 2. The summed E-state index contributed by atoms with van der Waals surface area (Å²) in [7, 11) is 0. The lowest BCUT2D eigenvalue weighted by Crippen LogP contribution is -1.98. The zero-order valence-electron chi connectivity index (χ0n) is 6.90. The molecule has 0 saturated heterocycles. The van der Waals surface area contributed by atoms with E-state index < -0.39 is 4.92 Å². The number of halogens is 1. The van der Waals surface area contributed by atoms with Gasteiger partial charge in [0.1, 0.15) is 11.6 Å². The second-order valence-electron chi connectivity index (χ2n) is 2.49. The molecule has 1 rings (SSSR count). The molecule has 5 nitrogen and oxygen atoms in total. The first-order valence-electron chi connectivity index (χ1n) is 3.58. The van der Waals surface area contributed by atoms with E-state index in [1.54, 1.807) is 12.1 Å². The molecule has 0 aliphatic heterocycles. The first-order chi connectivity index (χ1) is 6.60. The first kappa shape index (κ1) is 10.9. The fraction of sp³-hybridized carbons (Fsp3) is 0.125. The predicted octanol–water partition coefficient (Wildman–Crippen LogP) is 1.56. The molecule has 0 aliphatic carbocycles. The van der Waals surface area contributed by atoms with Crippen molar-refractivity contribution < 1.29 is 10.0 Å². The molecule has 0 fully saturated rings. The Morgan fingerprint density at radius 3 is 2.71 bits per heavy atom. The molecule has 0 saturated carbocycles.